The molecule has 16 heteroatoms. The number of aliphatic hydroxyl groups is 9. The summed E-state index contributed by atoms with van der Waals surface area (Å²) in [4.78, 5) is 12.2. The fourth-order valence-corrected chi connectivity index (χ4v) is 3.91. The zero-order valence-electron chi connectivity index (χ0n) is 17.9. The molecule has 0 spiro atoms. The summed E-state index contributed by atoms with van der Waals surface area (Å²) in [5.41, 5.74) is 0. The highest BCUT2D eigenvalue weighted by Gasteiger charge is 2.55. The van der Waals surface area contributed by atoms with Gasteiger partial charge < -0.3 is 74.4 Å². The predicted octanol–water partition coefficient (Wildman–Crippen LogP) is -6.75. The SMILES string of the molecule is COC(=O)[C@H]1OC(O)[C@H](O[C@@H]2O[C@H](CO)[C@H](O)[C@H](O)[C@H]2O)[C@@H](O)[C@@H]1O[C@@H]1O[C@@H](CO)[C@H](O)[C@H]1O. The molecule has 3 saturated heterocycles. The number of aliphatic hydroxyl groups excluding tert-OH is 9. The van der Waals surface area contributed by atoms with Crippen LogP contribution < -0.4 is 0 Å². The molecule has 9 N–H and O–H groups in total. The molecule has 1 unspecified atom stereocenters. The Labute approximate surface area is 192 Å². The lowest BCUT2D eigenvalue weighted by Crippen LogP contribution is -2.65. The number of rotatable bonds is 7. The highest BCUT2D eigenvalue weighted by atomic mass is 16.8. The van der Waals surface area contributed by atoms with Crippen molar-refractivity contribution in [2.45, 2.75) is 86.0 Å². The molecule has 0 aliphatic carbocycles. The predicted molar refractivity (Wildman–Crippen MR) is 100 cm³/mol. The van der Waals surface area contributed by atoms with Gasteiger partial charge in [0.25, 0.3) is 0 Å². The molecule has 0 bridgehead atoms. The molecule has 3 aliphatic rings. The molecule has 3 aliphatic heterocycles. The number of esters is 1. The van der Waals surface area contributed by atoms with Crippen LogP contribution in [-0.4, -0.2) is 158 Å². The van der Waals surface area contributed by atoms with E-state index < -0.39 is 105 Å². The van der Waals surface area contributed by atoms with Gasteiger partial charge >= 0.3 is 5.97 Å². The highest BCUT2D eigenvalue weighted by molar-refractivity contribution is 5.75. The maximum absolute atomic E-state index is 12.2. The number of ether oxygens (including phenoxy) is 6. The van der Waals surface area contributed by atoms with Crippen LogP contribution in [0, 0.1) is 0 Å². The standard InChI is InChI=1S/C18H30O16/c1-29-15(27)14-12(33-17-9(24)7(22)5(3-20)31-17)11(26)13(16(28)32-14)34-18-10(25)8(23)6(21)4(2-19)30-18/h4-14,16-26,28H,2-3H2,1H3/t4-,5+,6+,7+,8+,9-,10-,11+,12+,13-,14+,16?,17+,18+/m1/s1. The molecule has 16 nitrogen and oxygen atoms in total. The summed E-state index contributed by atoms with van der Waals surface area (Å²) in [7, 11) is 0.991. The average Bonchev–Trinajstić information content (AvgIpc) is 3.10. The molecule has 198 valence electrons. The Hall–Kier alpha value is -1.09. The summed E-state index contributed by atoms with van der Waals surface area (Å²) in [5, 5.41) is 89.7. The molecule has 0 aromatic heterocycles. The van der Waals surface area contributed by atoms with Gasteiger partial charge in [-0.1, -0.05) is 0 Å². The lowest BCUT2D eigenvalue weighted by molar-refractivity contribution is -0.368. The van der Waals surface area contributed by atoms with Crippen molar-refractivity contribution in [3.8, 4) is 0 Å². The summed E-state index contributed by atoms with van der Waals surface area (Å²) in [5.74, 6) is -1.10. The molecule has 34 heavy (non-hydrogen) atoms. The van der Waals surface area contributed by atoms with Crippen molar-refractivity contribution in [2.24, 2.45) is 0 Å². The second kappa shape index (κ2) is 11.3. The van der Waals surface area contributed by atoms with Gasteiger partial charge in [0.1, 0.15) is 61.0 Å². The van der Waals surface area contributed by atoms with Crippen molar-refractivity contribution in [2.75, 3.05) is 20.3 Å². The van der Waals surface area contributed by atoms with Crippen molar-refractivity contribution < 1.29 is 79.2 Å². The van der Waals surface area contributed by atoms with E-state index >= 15 is 0 Å². The van der Waals surface area contributed by atoms with Crippen LogP contribution in [0.4, 0.5) is 0 Å². The maximum Gasteiger partial charge on any atom is 0.337 e. The summed E-state index contributed by atoms with van der Waals surface area (Å²) >= 11 is 0. The Morgan fingerprint density at radius 3 is 1.65 bits per heavy atom. The van der Waals surface area contributed by atoms with E-state index in [2.05, 4.69) is 4.74 Å². The Balaban J connectivity index is 1.80. The molecule has 0 aromatic carbocycles. The topological polar surface area (TPSA) is 255 Å². The molecular weight excluding hydrogens is 472 g/mol. The van der Waals surface area contributed by atoms with Crippen LogP contribution in [0.25, 0.3) is 0 Å². The second-order valence-corrected chi connectivity index (χ2v) is 8.07. The quantitative estimate of drug-likeness (QED) is 0.147. The van der Waals surface area contributed by atoms with Gasteiger partial charge in [-0.05, 0) is 0 Å². The Bertz CT molecular complexity index is 678. The molecule has 14 atom stereocenters. The third-order valence-corrected chi connectivity index (χ3v) is 5.90. The third kappa shape index (κ3) is 5.20. The van der Waals surface area contributed by atoms with Crippen LogP contribution in [-0.2, 0) is 33.2 Å². The van der Waals surface area contributed by atoms with Crippen molar-refractivity contribution >= 4 is 5.97 Å². The first-order valence-electron chi connectivity index (χ1n) is 10.4. The van der Waals surface area contributed by atoms with Gasteiger partial charge in [0.15, 0.2) is 25.0 Å². The number of hydrogen-bond donors (Lipinski definition) is 9. The number of carbonyl (C=O) groups is 1. The zero-order valence-corrected chi connectivity index (χ0v) is 17.9. The highest BCUT2D eigenvalue weighted by Crippen LogP contribution is 2.32. The van der Waals surface area contributed by atoms with Crippen LogP contribution in [0.1, 0.15) is 0 Å². The molecule has 0 radical (unpaired) electrons. The summed E-state index contributed by atoms with van der Waals surface area (Å²) in [6.45, 7) is -1.44. The molecular formula is C18H30O16. The van der Waals surface area contributed by atoms with Gasteiger partial charge in [-0.25, -0.2) is 4.79 Å². The van der Waals surface area contributed by atoms with E-state index in [1.165, 1.54) is 0 Å². The lowest BCUT2D eigenvalue weighted by Gasteiger charge is -2.45. The van der Waals surface area contributed by atoms with Crippen molar-refractivity contribution in [1.29, 1.82) is 0 Å². The van der Waals surface area contributed by atoms with Crippen LogP contribution in [0.3, 0.4) is 0 Å². The number of methoxy groups -OCH3 is 1. The zero-order chi connectivity index (χ0) is 25.3. The molecule has 3 rings (SSSR count). The molecule has 0 amide bonds. The van der Waals surface area contributed by atoms with E-state index in [1.807, 2.05) is 0 Å². The molecule has 3 heterocycles. The summed E-state index contributed by atoms with van der Waals surface area (Å²) in [6, 6.07) is 0. The normalized spacial score (nSPS) is 49.7. The van der Waals surface area contributed by atoms with Gasteiger partial charge in [0.2, 0.25) is 0 Å². The Morgan fingerprint density at radius 2 is 1.15 bits per heavy atom. The average molecular weight is 502 g/mol. The summed E-state index contributed by atoms with van der Waals surface area (Å²) < 4.78 is 30.9. The van der Waals surface area contributed by atoms with Crippen molar-refractivity contribution in [1.82, 2.24) is 0 Å². The number of hydrogen-bond acceptors (Lipinski definition) is 16. The fraction of sp³-hybridized carbons (Fsp3) is 0.944. The van der Waals surface area contributed by atoms with Crippen LogP contribution in [0.2, 0.25) is 0 Å². The third-order valence-electron chi connectivity index (χ3n) is 5.90. The van der Waals surface area contributed by atoms with E-state index in [0.717, 1.165) is 7.11 Å². The van der Waals surface area contributed by atoms with E-state index in [-0.39, 0.29) is 0 Å². The Morgan fingerprint density at radius 1 is 0.676 bits per heavy atom. The molecule has 0 saturated carbocycles. The minimum Gasteiger partial charge on any atom is -0.467 e. The monoisotopic (exact) mass is 502 g/mol. The second-order valence-electron chi connectivity index (χ2n) is 8.07. The van der Waals surface area contributed by atoms with Crippen LogP contribution >= 0.6 is 0 Å². The van der Waals surface area contributed by atoms with Gasteiger partial charge in [0.05, 0.1) is 20.3 Å². The van der Waals surface area contributed by atoms with E-state index in [1.54, 1.807) is 0 Å². The first-order chi connectivity index (χ1) is 16.0. The summed E-state index contributed by atoms with van der Waals surface area (Å²) in [6.07, 6.45) is -23.9. The molecule has 3 fully saturated rings. The van der Waals surface area contributed by atoms with E-state index in [0.29, 0.717) is 0 Å². The van der Waals surface area contributed by atoms with Crippen molar-refractivity contribution in [3.05, 3.63) is 0 Å². The minimum absolute atomic E-state index is 0.677. The van der Waals surface area contributed by atoms with Crippen LogP contribution in [0.15, 0.2) is 0 Å². The largest absolute Gasteiger partial charge is 0.467 e. The van der Waals surface area contributed by atoms with Gasteiger partial charge in [-0.15, -0.1) is 0 Å². The minimum atomic E-state index is -2.03. The molecule has 0 aromatic rings. The van der Waals surface area contributed by atoms with E-state index in [4.69, 9.17) is 23.7 Å². The Kier molecular flexibility index (Phi) is 9.15. The van der Waals surface area contributed by atoms with Gasteiger partial charge in [-0.2, -0.15) is 0 Å². The smallest absolute Gasteiger partial charge is 0.337 e. The maximum atomic E-state index is 12.2. The van der Waals surface area contributed by atoms with Gasteiger partial charge in [-0.3, -0.25) is 0 Å². The number of carbonyl (C=O) groups excluding carboxylic acids is 1. The van der Waals surface area contributed by atoms with E-state index in [9.17, 15) is 50.8 Å². The van der Waals surface area contributed by atoms with Gasteiger partial charge in [0, 0.05) is 0 Å². The fourth-order valence-electron chi connectivity index (χ4n) is 3.91. The van der Waals surface area contributed by atoms with Crippen molar-refractivity contribution in [3.63, 3.8) is 0 Å². The van der Waals surface area contributed by atoms with Crippen LogP contribution in [0.5, 0.6) is 0 Å². The first kappa shape index (κ1) is 27.5. The lowest BCUT2D eigenvalue weighted by atomic mass is 9.97. The first-order valence-corrected chi connectivity index (χ1v) is 10.4.